The third-order valence-electron chi connectivity index (χ3n) is 4.93. The lowest BCUT2D eigenvalue weighted by Crippen LogP contribution is -2.46. The van der Waals surface area contributed by atoms with Crippen LogP contribution in [0.3, 0.4) is 0 Å². The van der Waals surface area contributed by atoms with Crippen LogP contribution in [0.5, 0.6) is 0 Å². The number of benzene rings is 2. The highest BCUT2D eigenvalue weighted by molar-refractivity contribution is 8.03. The fourth-order valence-corrected chi connectivity index (χ4v) is 5.37. The zero-order valence-electron chi connectivity index (χ0n) is 14.5. The van der Waals surface area contributed by atoms with Crippen molar-refractivity contribution in [3.05, 3.63) is 80.7 Å². The van der Waals surface area contributed by atoms with Gasteiger partial charge in [0.25, 0.3) is 0 Å². The molecule has 0 spiro atoms. The fraction of sp³-hybridized carbons (Fsp3) is 0.333. The highest BCUT2D eigenvalue weighted by Crippen LogP contribution is 2.50. The monoisotopic (exact) mass is 406 g/mol. The topological polar surface area (TPSA) is 18.5 Å². The largest absolute Gasteiger partial charge is 0.233 e. The molecule has 2 heterocycles. The van der Waals surface area contributed by atoms with Gasteiger partial charge in [-0.05, 0) is 66.1 Å². The van der Waals surface area contributed by atoms with E-state index in [9.17, 15) is 0 Å². The predicted octanol–water partition coefficient (Wildman–Crippen LogP) is 6.26. The number of hydrogen-bond acceptors (Lipinski definition) is 3. The van der Waals surface area contributed by atoms with E-state index in [2.05, 4.69) is 29.7 Å². The molecule has 5 heteroatoms. The lowest BCUT2D eigenvalue weighted by Gasteiger charge is -2.38. The minimum atomic E-state index is -0.142. The van der Waals surface area contributed by atoms with Gasteiger partial charge in [-0.25, -0.2) is 9.78 Å². The summed E-state index contributed by atoms with van der Waals surface area (Å²) < 4.78 is -0.142. The molecule has 0 N–H and O–H groups in total. The molecule has 0 radical (unpaired) electrons. The number of rotatable bonds is 4. The molecule has 2 aromatic rings. The fourth-order valence-electron chi connectivity index (χ4n) is 3.70. The summed E-state index contributed by atoms with van der Waals surface area (Å²) in [5.41, 5.74) is 3.82. The first-order valence-electron chi connectivity index (χ1n) is 8.72. The zero-order valence-corrected chi connectivity index (χ0v) is 16.8. The van der Waals surface area contributed by atoms with E-state index in [0.717, 1.165) is 29.3 Å². The van der Waals surface area contributed by atoms with Crippen LogP contribution < -0.4 is 0 Å². The number of thioether (sulfide) groups is 1. The maximum absolute atomic E-state index is 6.06. The highest BCUT2D eigenvalue weighted by atomic mass is 35.5. The normalized spacial score (nSPS) is 24.2. The zero-order chi connectivity index (χ0) is 18.1. The molecule has 0 aromatic heterocycles. The predicted molar refractivity (Wildman–Crippen MR) is 109 cm³/mol. The molecule has 136 valence electrons. The molecule has 2 nitrogen and oxygen atoms in total. The van der Waals surface area contributed by atoms with Crippen LogP contribution in [0.25, 0.3) is 0 Å². The van der Waals surface area contributed by atoms with Gasteiger partial charge < -0.3 is 0 Å². The molecule has 2 atom stereocenters. The molecule has 0 amide bonds. The van der Waals surface area contributed by atoms with E-state index in [4.69, 9.17) is 33.0 Å². The molecule has 26 heavy (non-hydrogen) atoms. The van der Waals surface area contributed by atoms with E-state index in [0.29, 0.717) is 0 Å². The van der Waals surface area contributed by atoms with Gasteiger partial charge in [-0.3, -0.25) is 0 Å². The van der Waals surface area contributed by atoms with Crippen LogP contribution in [0.1, 0.15) is 24.5 Å². The molecule has 2 aromatic carbocycles. The minimum Gasteiger partial charge on any atom is -0.233 e. The summed E-state index contributed by atoms with van der Waals surface area (Å²) >= 11 is 14.0. The average molecular weight is 407 g/mol. The third-order valence-corrected chi connectivity index (χ3v) is 6.83. The third kappa shape index (κ3) is 3.83. The molecule has 1 saturated heterocycles. The van der Waals surface area contributed by atoms with Crippen molar-refractivity contribution in [3.8, 4) is 0 Å². The maximum Gasteiger partial charge on any atom is 0.130 e. The first-order chi connectivity index (χ1) is 12.5. The van der Waals surface area contributed by atoms with Crippen LogP contribution in [0.15, 0.2) is 59.5 Å². The molecule has 1 fully saturated rings. The second kappa shape index (κ2) is 7.57. The second-order valence-electron chi connectivity index (χ2n) is 7.07. The molecular formula is C21H20Cl2O2S. The first kappa shape index (κ1) is 18.4. The molecule has 2 aliphatic heterocycles. The highest BCUT2D eigenvalue weighted by Gasteiger charge is 2.49. The molecule has 4 rings (SSSR count). The Morgan fingerprint density at radius 3 is 2.00 bits per heavy atom. The standard InChI is InChI=1S/C21H20Cl2O2S/c1-14-10-17-13-26-21(20(17)25-24-14,11-15-2-6-18(22)7-3-15)12-16-4-8-19(23)9-5-16/h2-9,13-14,20H,10-12H2,1H3. The molecule has 2 unspecified atom stereocenters. The lowest BCUT2D eigenvalue weighted by atomic mass is 9.83. The van der Waals surface area contributed by atoms with Gasteiger partial charge in [0.1, 0.15) is 6.10 Å². The van der Waals surface area contributed by atoms with E-state index in [1.54, 1.807) is 0 Å². The summed E-state index contributed by atoms with van der Waals surface area (Å²) in [6.07, 6.45) is 2.72. The second-order valence-corrected chi connectivity index (χ2v) is 9.23. The van der Waals surface area contributed by atoms with Crippen LogP contribution in [0.4, 0.5) is 0 Å². The smallest absolute Gasteiger partial charge is 0.130 e. The Kier molecular flexibility index (Phi) is 5.36. The van der Waals surface area contributed by atoms with Gasteiger partial charge in [-0.1, -0.05) is 47.5 Å². The Balaban J connectivity index is 1.65. The van der Waals surface area contributed by atoms with Crippen LogP contribution >= 0.6 is 35.0 Å². The Morgan fingerprint density at radius 1 is 0.923 bits per heavy atom. The van der Waals surface area contributed by atoms with Gasteiger partial charge in [0.15, 0.2) is 0 Å². The summed E-state index contributed by atoms with van der Waals surface area (Å²) in [5, 5.41) is 3.78. The van der Waals surface area contributed by atoms with Crippen molar-refractivity contribution in [1.82, 2.24) is 0 Å². The van der Waals surface area contributed by atoms with E-state index in [1.165, 1.54) is 16.7 Å². The van der Waals surface area contributed by atoms with Crippen molar-refractivity contribution in [3.63, 3.8) is 0 Å². The van der Waals surface area contributed by atoms with E-state index >= 15 is 0 Å². The van der Waals surface area contributed by atoms with Gasteiger partial charge in [0.05, 0.1) is 10.9 Å². The Bertz CT molecular complexity index is 754. The summed E-state index contributed by atoms with van der Waals surface area (Å²) in [4.78, 5) is 11.4. The summed E-state index contributed by atoms with van der Waals surface area (Å²) in [5.74, 6) is 0. The SMILES string of the molecule is CC1CC2=CSC(Cc3ccc(Cl)cc3)(Cc3ccc(Cl)cc3)C2OO1. The number of hydrogen-bond donors (Lipinski definition) is 0. The Hall–Kier alpha value is -0.970. The van der Waals surface area contributed by atoms with E-state index < -0.39 is 0 Å². The summed E-state index contributed by atoms with van der Waals surface area (Å²) in [7, 11) is 0. The number of fused-ring (bicyclic) bond motifs is 1. The molecule has 0 saturated carbocycles. The Morgan fingerprint density at radius 2 is 1.46 bits per heavy atom. The van der Waals surface area contributed by atoms with Crippen LogP contribution in [-0.4, -0.2) is 17.0 Å². The van der Waals surface area contributed by atoms with Crippen LogP contribution in [0, 0.1) is 0 Å². The van der Waals surface area contributed by atoms with Gasteiger partial charge in [-0.2, -0.15) is 0 Å². The lowest BCUT2D eigenvalue weighted by molar-refractivity contribution is -0.359. The quantitative estimate of drug-likeness (QED) is 0.558. The van der Waals surface area contributed by atoms with Gasteiger partial charge in [0, 0.05) is 16.5 Å². The average Bonchev–Trinajstić information content (AvgIpc) is 2.96. The molecule has 0 bridgehead atoms. The van der Waals surface area contributed by atoms with E-state index in [1.807, 2.05) is 43.0 Å². The van der Waals surface area contributed by atoms with Gasteiger partial charge in [0.2, 0.25) is 0 Å². The summed E-state index contributed by atoms with van der Waals surface area (Å²) in [6, 6.07) is 16.2. The van der Waals surface area contributed by atoms with Crippen LogP contribution in [-0.2, 0) is 22.6 Å². The van der Waals surface area contributed by atoms with E-state index in [-0.39, 0.29) is 17.0 Å². The van der Waals surface area contributed by atoms with Gasteiger partial charge in [-0.15, -0.1) is 11.8 Å². The molecule has 2 aliphatic rings. The van der Waals surface area contributed by atoms with Crippen molar-refractivity contribution in [2.75, 3.05) is 0 Å². The van der Waals surface area contributed by atoms with Crippen molar-refractivity contribution in [2.24, 2.45) is 0 Å². The minimum absolute atomic E-state index is 0.0462. The maximum atomic E-state index is 6.06. The Labute approximate surface area is 168 Å². The van der Waals surface area contributed by atoms with Crippen molar-refractivity contribution >= 4 is 35.0 Å². The molecular weight excluding hydrogens is 387 g/mol. The summed E-state index contributed by atoms with van der Waals surface area (Å²) in [6.45, 7) is 2.04. The molecule has 0 aliphatic carbocycles. The number of halogens is 2. The van der Waals surface area contributed by atoms with Gasteiger partial charge >= 0.3 is 0 Å². The first-order valence-corrected chi connectivity index (χ1v) is 10.4. The van der Waals surface area contributed by atoms with Crippen molar-refractivity contribution in [2.45, 2.75) is 43.1 Å². The van der Waals surface area contributed by atoms with Crippen LogP contribution in [0.2, 0.25) is 10.0 Å². The van der Waals surface area contributed by atoms with Crippen molar-refractivity contribution < 1.29 is 9.78 Å². The van der Waals surface area contributed by atoms with Crippen molar-refractivity contribution in [1.29, 1.82) is 0 Å².